The second-order valence-electron chi connectivity index (χ2n) is 6.47. The maximum atomic E-state index is 6.03. The van der Waals surface area contributed by atoms with Gasteiger partial charge in [0.1, 0.15) is 0 Å². The number of nitrogens with two attached hydrogens (primary N) is 1. The molecule has 20 heavy (non-hydrogen) atoms. The molecule has 1 aromatic rings. The van der Waals surface area contributed by atoms with E-state index in [2.05, 4.69) is 36.2 Å². The summed E-state index contributed by atoms with van der Waals surface area (Å²) in [5.74, 6) is 0. The molecular weight excluding hydrogens is 248 g/mol. The van der Waals surface area contributed by atoms with E-state index in [4.69, 9.17) is 10.5 Å². The summed E-state index contributed by atoms with van der Waals surface area (Å²) in [5, 5.41) is 0. The molecule has 0 amide bonds. The van der Waals surface area contributed by atoms with E-state index in [0.717, 1.165) is 19.6 Å². The van der Waals surface area contributed by atoms with Gasteiger partial charge in [-0.3, -0.25) is 4.90 Å². The van der Waals surface area contributed by atoms with Crippen molar-refractivity contribution in [1.82, 2.24) is 4.90 Å². The lowest BCUT2D eigenvalue weighted by Crippen LogP contribution is -2.51. The Bertz CT molecular complexity index is 456. The summed E-state index contributed by atoms with van der Waals surface area (Å²) in [6.07, 6.45) is 6.24. The standard InChI is InChI=1S/C17H26N2O/c1-19(13-15-5-2-4-14(10-15)12-18)16-6-9-20-17(11-16)7-3-8-17/h2,4-5,10,16H,3,6-9,11-13,18H2,1H3. The zero-order valence-corrected chi connectivity index (χ0v) is 12.5. The Morgan fingerprint density at radius 2 is 2.15 bits per heavy atom. The molecule has 2 fully saturated rings. The van der Waals surface area contributed by atoms with Crippen LogP contribution in [0.2, 0.25) is 0 Å². The first-order chi connectivity index (χ1) is 9.71. The number of hydrogen-bond donors (Lipinski definition) is 1. The van der Waals surface area contributed by atoms with Crippen LogP contribution in [0.3, 0.4) is 0 Å². The van der Waals surface area contributed by atoms with Gasteiger partial charge in [-0.25, -0.2) is 0 Å². The Morgan fingerprint density at radius 3 is 2.85 bits per heavy atom. The van der Waals surface area contributed by atoms with E-state index in [1.54, 1.807) is 0 Å². The van der Waals surface area contributed by atoms with E-state index in [9.17, 15) is 0 Å². The smallest absolute Gasteiger partial charge is 0.0697 e. The summed E-state index contributed by atoms with van der Waals surface area (Å²) < 4.78 is 6.03. The van der Waals surface area contributed by atoms with Crippen LogP contribution in [-0.4, -0.2) is 30.2 Å². The van der Waals surface area contributed by atoms with E-state index >= 15 is 0 Å². The predicted molar refractivity (Wildman–Crippen MR) is 81.4 cm³/mol. The molecule has 0 aromatic heterocycles. The van der Waals surface area contributed by atoms with Gasteiger partial charge in [-0.1, -0.05) is 24.3 Å². The van der Waals surface area contributed by atoms with Crippen molar-refractivity contribution in [1.29, 1.82) is 0 Å². The van der Waals surface area contributed by atoms with Crippen molar-refractivity contribution < 1.29 is 4.74 Å². The van der Waals surface area contributed by atoms with Crippen molar-refractivity contribution >= 4 is 0 Å². The van der Waals surface area contributed by atoms with Gasteiger partial charge in [0.25, 0.3) is 0 Å². The third-order valence-electron chi connectivity index (χ3n) is 5.01. The number of rotatable bonds is 4. The van der Waals surface area contributed by atoms with Crippen LogP contribution in [-0.2, 0) is 17.8 Å². The van der Waals surface area contributed by atoms with Gasteiger partial charge in [-0.15, -0.1) is 0 Å². The second-order valence-corrected chi connectivity index (χ2v) is 6.47. The lowest BCUT2D eigenvalue weighted by molar-refractivity contribution is -0.147. The van der Waals surface area contributed by atoms with Crippen LogP contribution in [0.15, 0.2) is 24.3 Å². The topological polar surface area (TPSA) is 38.5 Å². The van der Waals surface area contributed by atoms with Crippen molar-refractivity contribution in [3.63, 3.8) is 0 Å². The Hall–Kier alpha value is -0.900. The van der Waals surface area contributed by atoms with Gasteiger partial charge in [0.2, 0.25) is 0 Å². The quantitative estimate of drug-likeness (QED) is 0.917. The minimum absolute atomic E-state index is 0.232. The molecule has 110 valence electrons. The van der Waals surface area contributed by atoms with Crippen LogP contribution >= 0.6 is 0 Å². The molecule has 1 aliphatic heterocycles. The van der Waals surface area contributed by atoms with Crippen molar-refractivity contribution in [3.05, 3.63) is 35.4 Å². The van der Waals surface area contributed by atoms with E-state index in [0.29, 0.717) is 12.6 Å². The van der Waals surface area contributed by atoms with E-state index in [1.807, 2.05) is 0 Å². The van der Waals surface area contributed by atoms with Crippen molar-refractivity contribution in [2.24, 2.45) is 5.73 Å². The Kier molecular flexibility index (Phi) is 4.11. The first kappa shape index (κ1) is 14.1. The molecular formula is C17H26N2O. The lowest BCUT2D eigenvalue weighted by Gasteiger charge is -2.49. The van der Waals surface area contributed by atoms with Crippen LogP contribution in [0.4, 0.5) is 0 Å². The zero-order valence-electron chi connectivity index (χ0n) is 12.5. The molecule has 1 heterocycles. The molecule has 3 heteroatoms. The van der Waals surface area contributed by atoms with Crippen LogP contribution in [0.1, 0.15) is 43.2 Å². The number of benzene rings is 1. The highest BCUT2D eigenvalue weighted by Gasteiger charge is 2.43. The SMILES string of the molecule is CN(Cc1cccc(CN)c1)C1CCOC2(CCC2)C1. The zero-order chi connectivity index (χ0) is 14.0. The maximum Gasteiger partial charge on any atom is 0.0697 e. The van der Waals surface area contributed by atoms with Crippen molar-refractivity contribution in [3.8, 4) is 0 Å². The predicted octanol–water partition coefficient (Wildman–Crippen LogP) is 2.68. The molecule has 1 unspecified atom stereocenters. The van der Waals surface area contributed by atoms with Gasteiger partial charge in [-0.05, 0) is 50.3 Å². The van der Waals surface area contributed by atoms with E-state index < -0.39 is 0 Å². The van der Waals surface area contributed by atoms with Gasteiger partial charge in [0, 0.05) is 25.7 Å². The summed E-state index contributed by atoms with van der Waals surface area (Å²) in [5.41, 5.74) is 8.54. The van der Waals surface area contributed by atoms with Crippen molar-refractivity contribution in [2.75, 3.05) is 13.7 Å². The summed E-state index contributed by atoms with van der Waals surface area (Å²) in [4.78, 5) is 2.50. The maximum absolute atomic E-state index is 6.03. The largest absolute Gasteiger partial charge is 0.375 e. The molecule has 2 aliphatic rings. The number of hydrogen-bond acceptors (Lipinski definition) is 3. The molecule has 1 aromatic carbocycles. The summed E-state index contributed by atoms with van der Waals surface area (Å²) in [7, 11) is 2.25. The molecule has 0 radical (unpaired) electrons. The molecule has 1 saturated heterocycles. The fraction of sp³-hybridized carbons (Fsp3) is 0.647. The highest BCUT2D eigenvalue weighted by atomic mass is 16.5. The summed E-state index contributed by atoms with van der Waals surface area (Å²) in [6, 6.07) is 9.30. The first-order valence-electron chi connectivity index (χ1n) is 7.83. The molecule has 1 aliphatic carbocycles. The van der Waals surface area contributed by atoms with Gasteiger partial charge in [0.15, 0.2) is 0 Å². The highest BCUT2D eigenvalue weighted by Crippen LogP contribution is 2.43. The minimum Gasteiger partial charge on any atom is -0.375 e. The summed E-state index contributed by atoms with van der Waals surface area (Å²) >= 11 is 0. The average molecular weight is 274 g/mol. The van der Waals surface area contributed by atoms with Crippen LogP contribution in [0.5, 0.6) is 0 Å². The molecule has 1 saturated carbocycles. The third-order valence-corrected chi connectivity index (χ3v) is 5.01. The number of nitrogens with zero attached hydrogens (tertiary/aromatic N) is 1. The molecule has 2 N–H and O–H groups in total. The van der Waals surface area contributed by atoms with Crippen molar-refractivity contribution in [2.45, 2.75) is 56.8 Å². The van der Waals surface area contributed by atoms with E-state index in [-0.39, 0.29) is 5.60 Å². The number of ether oxygens (including phenoxy) is 1. The molecule has 3 rings (SSSR count). The average Bonchev–Trinajstić information content (AvgIpc) is 2.46. The molecule has 1 spiro atoms. The summed E-state index contributed by atoms with van der Waals surface area (Å²) in [6.45, 7) is 2.56. The normalized spacial score (nSPS) is 24.9. The third kappa shape index (κ3) is 2.90. The fourth-order valence-electron chi connectivity index (χ4n) is 3.57. The molecule has 3 nitrogen and oxygen atoms in total. The van der Waals surface area contributed by atoms with Gasteiger partial charge in [-0.2, -0.15) is 0 Å². The molecule has 0 bridgehead atoms. The van der Waals surface area contributed by atoms with Crippen LogP contribution in [0.25, 0.3) is 0 Å². The minimum atomic E-state index is 0.232. The Balaban J connectivity index is 1.61. The van der Waals surface area contributed by atoms with Crippen LogP contribution in [0, 0.1) is 0 Å². The highest BCUT2D eigenvalue weighted by molar-refractivity contribution is 5.23. The Labute approximate surface area is 122 Å². The van der Waals surface area contributed by atoms with Gasteiger partial charge < -0.3 is 10.5 Å². The van der Waals surface area contributed by atoms with E-state index in [1.165, 1.54) is 36.8 Å². The Morgan fingerprint density at radius 1 is 1.35 bits per heavy atom. The van der Waals surface area contributed by atoms with Gasteiger partial charge in [0.05, 0.1) is 5.60 Å². The first-order valence-corrected chi connectivity index (χ1v) is 7.83. The fourth-order valence-corrected chi connectivity index (χ4v) is 3.57. The lowest BCUT2D eigenvalue weighted by atomic mass is 9.73. The molecule has 1 atom stereocenters. The van der Waals surface area contributed by atoms with Gasteiger partial charge >= 0.3 is 0 Å². The van der Waals surface area contributed by atoms with Crippen LogP contribution < -0.4 is 5.73 Å². The monoisotopic (exact) mass is 274 g/mol. The second kappa shape index (κ2) is 5.84.